The molecule has 1 heterocycles. The van der Waals surface area contributed by atoms with Gasteiger partial charge in [-0.2, -0.15) is 0 Å². The molecule has 0 amide bonds. The van der Waals surface area contributed by atoms with Gasteiger partial charge in [0.15, 0.2) is 5.11 Å². The van der Waals surface area contributed by atoms with Crippen LogP contribution in [0, 0.1) is 0 Å². The Labute approximate surface area is 89.7 Å². The smallest absolute Gasteiger partial charge is 0.166 e. The summed E-state index contributed by atoms with van der Waals surface area (Å²) in [6.45, 7) is 2.16. The van der Waals surface area contributed by atoms with Crippen LogP contribution in [0.5, 0.6) is 0 Å². The van der Waals surface area contributed by atoms with Crippen molar-refractivity contribution in [1.82, 2.24) is 10.6 Å². The highest BCUT2D eigenvalue weighted by Gasteiger charge is 2.21. The molecule has 0 aromatic heterocycles. The molecule has 2 unspecified atom stereocenters. The van der Waals surface area contributed by atoms with Crippen LogP contribution >= 0.6 is 12.2 Å². The Balaban J connectivity index is 2.15. The summed E-state index contributed by atoms with van der Waals surface area (Å²) in [5.41, 5.74) is 1.31. The van der Waals surface area contributed by atoms with Crippen molar-refractivity contribution in [2.24, 2.45) is 0 Å². The van der Waals surface area contributed by atoms with Gasteiger partial charge in [-0.3, -0.25) is 0 Å². The molecule has 1 saturated heterocycles. The fourth-order valence-electron chi connectivity index (χ4n) is 1.80. The van der Waals surface area contributed by atoms with Gasteiger partial charge < -0.3 is 10.6 Å². The molecule has 0 aliphatic carbocycles. The monoisotopic (exact) mass is 206 g/mol. The van der Waals surface area contributed by atoms with Crippen molar-refractivity contribution in [3.05, 3.63) is 35.9 Å². The predicted molar refractivity (Wildman–Crippen MR) is 62.1 cm³/mol. The first-order valence-corrected chi connectivity index (χ1v) is 5.28. The molecule has 2 N–H and O–H groups in total. The van der Waals surface area contributed by atoms with Crippen LogP contribution in [-0.4, -0.2) is 11.2 Å². The second kappa shape index (κ2) is 3.96. The van der Waals surface area contributed by atoms with Gasteiger partial charge in [0.05, 0.1) is 6.04 Å². The largest absolute Gasteiger partial charge is 0.360 e. The van der Waals surface area contributed by atoms with E-state index in [1.54, 1.807) is 0 Å². The lowest BCUT2D eigenvalue weighted by Gasteiger charge is -2.31. The first-order chi connectivity index (χ1) is 6.75. The van der Waals surface area contributed by atoms with E-state index in [1.807, 2.05) is 6.07 Å². The van der Waals surface area contributed by atoms with Crippen molar-refractivity contribution in [3.8, 4) is 0 Å². The van der Waals surface area contributed by atoms with Crippen molar-refractivity contribution in [2.45, 2.75) is 25.4 Å². The van der Waals surface area contributed by atoms with Crippen molar-refractivity contribution < 1.29 is 0 Å². The molecule has 1 aromatic rings. The molecule has 14 heavy (non-hydrogen) atoms. The van der Waals surface area contributed by atoms with Crippen LogP contribution in [0.1, 0.15) is 24.9 Å². The minimum absolute atomic E-state index is 0.361. The molecule has 2 atom stereocenters. The van der Waals surface area contributed by atoms with Gasteiger partial charge in [-0.25, -0.2) is 0 Å². The van der Waals surface area contributed by atoms with Crippen molar-refractivity contribution >= 4 is 17.3 Å². The molecule has 1 fully saturated rings. The molecule has 1 aliphatic heterocycles. The van der Waals surface area contributed by atoms with E-state index in [-0.39, 0.29) is 0 Å². The van der Waals surface area contributed by atoms with Crippen LogP contribution in [-0.2, 0) is 0 Å². The number of benzene rings is 1. The summed E-state index contributed by atoms with van der Waals surface area (Å²) in [4.78, 5) is 0. The van der Waals surface area contributed by atoms with Crippen molar-refractivity contribution in [2.75, 3.05) is 0 Å². The Kier molecular flexibility index (Phi) is 2.68. The first-order valence-electron chi connectivity index (χ1n) is 4.87. The second-order valence-electron chi connectivity index (χ2n) is 3.72. The highest BCUT2D eigenvalue weighted by atomic mass is 32.1. The normalized spacial score (nSPS) is 26.5. The maximum absolute atomic E-state index is 5.14. The number of nitrogens with one attached hydrogen (secondary N) is 2. The molecule has 1 aromatic carbocycles. The Morgan fingerprint density at radius 2 is 1.93 bits per heavy atom. The fraction of sp³-hybridized carbons (Fsp3) is 0.364. The molecule has 1 aliphatic rings. The lowest BCUT2D eigenvalue weighted by atomic mass is 9.99. The molecular formula is C11H14N2S. The number of hydrogen-bond acceptors (Lipinski definition) is 1. The van der Waals surface area contributed by atoms with E-state index in [9.17, 15) is 0 Å². The average molecular weight is 206 g/mol. The summed E-state index contributed by atoms with van der Waals surface area (Å²) >= 11 is 5.14. The topological polar surface area (TPSA) is 24.1 Å². The Morgan fingerprint density at radius 1 is 1.21 bits per heavy atom. The summed E-state index contributed by atoms with van der Waals surface area (Å²) in [6.07, 6.45) is 1.07. The van der Waals surface area contributed by atoms with Gasteiger partial charge >= 0.3 is 0 Å². The summed E-state index contributed by atoms with van der Waals surface area (Å²) in [5, 5.41) is 7.24. The minimum atomic E-state index is 0.361. The van der Waals surface area contributed by atoms with E-state index in [4.69, 9.17) is 12.2 Å². The molecule has 74 valence electrons. The SMILES string of the molecule is CC1CC(c2ccccc2)NC(=S)N1. The van der Waals surface area contributed by atoms with E-state index in [0.717, 1.165) is 11.5 Å². The Morgan fingerprint density at radius 3 is 2.57 bits per heavy atom. The van der Waals surface area contributed by atoms with Gasteiger partial charge in [-0.15, -0.1) is 0 Å². The van der Waals surface area contributed by atoms with Gasteiger partial charge in [0, 0.05) is 6.04 Å². The highest BCUT2D eigenvalue weighted by Crippen LogP contribution is 2.20. The van der Waals surface area contributed by atoms with E-state index < -0.39 is 0 Å². The molecule has 0 bridgehead atoms. The van der Waals surface area contributed by atoms with Crippen LogP contribution < -0.4 is 10.6 Å². The molecule has 0 radical (unpaired) electrons. The second-order valence-corrected chi connectivity index (χ2v) is 4.13. The van der Waals surface area contributed by atoms with Gasteiger partial charge in [-0.1, -0.05) is 30.3 Å². The Bertz CT molecular complexity index is 323. The predicted octanol–water partition coefficient (Wildman–Crippen LogP) is 1.98. The number of hydrogen-bond donors (Lipinski definition) is 2. The number of rotatable bonds is 1. The van der Waals surface area contributed by atoms with E-state index in [1.165, 1.54) is 5.56 Å². The third kappa shape index (κ3) is 2.04. The third-order valence-corrected chi connectivity index (χ3v) is 2.71. The molecule has 3 heteroatoms. The maximum atomic E-state index is 5.14. The summed E-state index contributed by atoms with van der Waals surface area (Å²) < 4.78 is 0. The maximum Gasteiger partial charge on any atom is 0.166 e. The van der Waals surface area contributed by atoms with Gasteiger partial charge in [0.1, 0.15) is 0 Å². The summed E-state index contributed by atoms with van der Waals surface area (Å²) in [6, 6.07) is 11.2. The summed E-state index contributed by atoms with van der Waals surface area (Å²) in [5.74, 6) is 0. The quantitative estimate of drug-likeness (QED) is 0.687. The highest BCUT2D eigenvalue weighted by molar-refractivity contribution is 7.80. The minimum Gasteiger partial charge on any atom is -0.360 e. The number of thiocarbonyl (C=S) groups is 1. The van der Waals surface area contributed by atoms with E-state index >= 15 is 0 Å². The van der Waals surface area contributed by atoms with Crippen molar-refractivity contribution in [1.29, 1.82) is 0 Å². The van der Waals surface area contributed by atoms with Crippen LogP contribution in [0.3, 0.4) is 0 Å². The molecule has 0 saturated carbocycles. The van der Waals surface area contributed by atoms with Crippen LogP contribution in [0.4, 0.5) is 0 Å². The van der Waals surface area contributed by atoms with E-state index in [2.05, 4.69) is 41.8 Å². The van der Waals surface area contributed by atoms with E-state index in [0.29, 0.717) is 12.1 Å². The summed E-state index contributed by atoms with van der Waals surface area (Å²) in [7, 11) is 0. The standard InChI is InChI=1S/C11H14N2S/c1-8-7-10(13-11(14)12-8)9-5-3-2-4-6-9/h2-6,8,10H,7H2,1H3,(H2,12,13,14). The zero-order valence-corrected chi connectivity index (χ0v) is 8.97. The zero-order valence-electron chi connectivity index (χ0n) is 8.16. The molecular weight excluding hydrogens is 192 g/mol. The first kappa shape index (κ1) is 9.46. The fourth-order valence-corrected chi connectivity index (χ4v) is 2.14. The van der Waals surface area contributed by atoms with Gasteiger partial charge in [-0.05, 0) is 31.1 Å². The van der Waals surface area contributed by atoms with Gasteiger partial charge in [0.2, 0.25) is 0 Å². The lowest BCUT2D eigenvalue weighted by molar-refractivity contribution is 0.455. The molecule has 2 rings (SSSR count). The lowest BCUT2D eigenvalue weighted by Crippen LogP contribution is -2.49. The van der Waals surface area contributed by atoms with Crippen LogP contribution in [0.25, 0.3) is 0 Å². The van der Waals surface area contributed by atoms with Crippen molar-refractivity contribution in [3.63, 3.8) is 0 Å². The van der Waals surface area contributed by atoms with Crippen LogP contribution in [0.2, 0.25) is 0 Å². The average Bonchev–Trinajstić information content (AvgIpc) is 2.18. The Hall–Kier alpha value is -1.09. The van der Waals surface area contributed by atoms with Gasteiger partial charge in [0.25, 0.3) is 0 Å². The zero-order chi connectivity index (χ0) is 9.97. The third-order valence-electron chi connectivity index (χ3n) is 2.47. The molecule has 0 spiro atoms. The van der Waals surface area contributed by atoms with Crippen LogP contribution in [0.15, 0.2) is 30.3 Å². The molecule has 2 nitrogen and oxygen atoms in total.